The van der Waals surface area contributed by atoms with E-state index in [0.29, 0.717) is 23.7 Å². The molecule has 0 aliphatic carbocycles. The highest BCUT2D eigenvalue weighted by Gasteiger charge is 2.12. The zero-order valence-corrected chi connectivity index (χ0v) is 16.1. The number of aryl methyl sites for hydroxylation is 2. The van der Waals surface area contributed by atoms with E-state index in [0.717, 1.165) is 22.2 Å². The highest BCUT2D eigenvalue weighted by Crippen LogP contribution is 2.26. The van der Waals surface area contributed by atoms with E-state index in [1.807, 2.05) is 32.9 Å². The van der Waals surface area contributed by atoms with Crippen LogP contribution < -0.4 is 20.3 Å². The van der Waals surface area contributed by atoms with Gasteiger partial charge in [-0.25, -0.2) is 0 Å². The lowest BCUT2D eigenvalue weighted by atomic mass is 10.1. The Hall–Kier alpha value is -3.48. The number of rotatable bonds is 6. The number of amides is 2. The van der Waals surface area contributed by atoms with Crippen LogP contribution >= 0.6 is 0 Å². The molecule has 2 aromatic carbocycles. The van der Waals surface area contributed by atoms with Crippen molar-refractivity contribution in [2.24, 2.45) is 0 Å². The first kappa shape index (κ1) is 19.3. The van der Waals surface area contributed by atoms with Crippen LogP contribution in [-0.4, -0.2) is 30.0 Å². The lowest BCUT2D eigenvalue weighted by molar-refractivity contribution is -0.123. The van der Waals surface area contributed by atoms with Crippen molar-refractivity contribution in [1.82, 2.24) is 15.8 Å². The van der Waals surface area contributed by atoms with E-state index >= 15 is 0 Å². The van der Waals surface area contributed by atoms with Crippen molar-refractivity contribution in [3.63, 3.8) is 0 Å². The molecule has 0 bridgehead atoms. The van der Waals surface area contributed by atoms with Crippen LogP contribution in [-0.2, 0) is 4.79 Å². The summed E-state index contributed by atoms with van der Waals surface area (Å²) in [6, 6.07) is 12.4. The summed E-state index contributed by atoms with van der Waals surface area (Å²) < 4.78 is 10.9. The third kappa shape index (κ3) is 4.25. The molecule has 0 unspecified atom stereocenters. The number of hydrogen-bond donors (Lipinski definition) is 3. The minimum atomic E-state index is -0.477. The van der Waals surface area contributed by atoms with Crippen molar-refractivity contribution in [1.29, 1.82) is 0 Å². The summed E-state index contributed by atoms with van der Waals surface area (Å²) >= 11 is 0. The molecule has 0 aliphatic rings. The molecule has 28 heavy (non-hydrogen) atoms. The van der Waals surface area contributed by atoms with Crippen molar-refractivity contribution >= 4 is 22.7 Å². The third-order valence-electron chi connectivity index (χ3n) is 4.39. The van der Waals surface area contributed by atoms with Gasteiger partial charge in [-0.1, -0.05) is 12.1 Å². The van der Waals surface area contributed by atoms with Crippen molar-refractivity contribution in [3.05, 3.63) is 59.3 Å². The number of aromatic nitrogens is 1. The van der Waals surface area contributed by atoms with Gasteiger partial charge in [0.2, 0.25) is 0 Å². The molecule has 146 valence electrons. The maximum atomic E-state index is 12.3. The Morgan fingerprint density at radius 3 is 2.43 bits per heavy atom. The number of hydrogen-bond acceptors (Lipinski definition) is 4. The van der Waals surface area contributed by atoms with Crippen LogP contribution in [0, 0.1) is 13.8 Å². The Morgan fingerprint density at radius 2 is 1.71 bits per heavy atom. The van der Waals surface area contributed by atoms with Crippen molar-refractivity contribution in [2.45, 2.75) is 20.8 Å². The lowest BCUT2D eigenvalue weighted by Gasteiger charge is -2.12. The molecule has 7 nitrogen and oxygen atoms in total. The summed E-state index contributed by atoms with van der Waals surface area (Å²) in [5.74, 6) is 0.152. The highest BCUT2D eigenvalue weighted by atomic mass is 16.5. The molecule has 0 spiro atoms. The monoisotopic (exact) mass is 381 g/mol. The van der Waals surface area contributed by atoms with Crippen LogP contribution in [0.5, 0.6) is 11.5 Å². The van der Waals surface area contributed by atoms with Gasteiger partial charge in [-0.2, -0.15) is 0 Å². The molecule has 3 N–H and O–H groups in total. The first-order chi connectivity index (χ1) is 13.5. The van der Waals surface area contributed by atoms with E-state index in [-0.39, 0.29) is 6.61 Å². The summed E-state index contributed by atoms with van der Waals surface area (Å²) in [4.78, 5) is 27.6. The van der Waals surface area contributed by atoms with Crippen LogP contribution in [0.15, 0.2) is 42.5 Å². The van der Waals surface area contributed by atoms with E-state index in [1.54, 1.807) is 30.3 Å². The number of hydrazine groups is 1. The van der Waals surface area contributed by atoms with Crippen LogP contribution in [0.4, 0.5) is 0 Å². The van der Waals surface area contributed by atoms with Gasteiger partial charge in [0.25, 0.3) is 11.8 Å². The molecule has 0 saturated heterocycles. The van der Waals surface area contributed by atoms with Gasteiger partial charge < -0.3 is 14.5 Å². The quantitative estimate of drug-likeness (QED) is 0.572. The third-order valence-corrected chi connectivity index (χ3v) is 4.39. The van der Waals surface area contributed by atoms with Gasteiger partial charge in [-0.15, -0.1) is 0 Å². The second-order valence-corrected chi connectivity index (χ2v) is 6.31. The first-order valence-electron chi connectivity index (χ1n) is 9.02. The van der Waals surface area contributed by atoms with E-state index in [1.165, 1.54) is 0 Å². The molecular weight excluding hydrogens is 358 g/mol. The molecule has 7 heteroatoms. The predicted molar refractivity (Wildman–Crippen MR) is 106 cm³/mol. The summed E-state index contributed by atoms with van der Waals surface area (Å²) in [6.07, 6.45) is 0. The second kappa shape index (κ2) is 8.47. The molecule has 1 aromatic heterocycles. The maximum Gasteiger partial charge on any atom is 0.276 e. The second-order valence-electron chi connectivity index (χ2n) is 6.31. The largest absolute Gasteiger partial charge is 0.490 e. The Kier molecular flexibility index (Phi) is 5.84. The standard InChI is InChI=1S/C21H23N3O4/c1-4-27-18-7-5-6-8-19(18)28-12-20(25)23-24-21(26)15-9-10-17-16(11-15)13(2)14(3)22-17/h5-11,22H,4,12H2,1-3H3,(H,23,25)(H,24,26). The van der Waals surface area contributed by atoms with Crippen LogP contribution in [0.25, 0.3) is 10.9 Å². The molecule has 0 fully saturated rings. The zero-order valence-electron chi connectivity index (χ0n) is 16.1. The number of carbonyl (C=O) groups is 2. The van der Waals surface area contributed by atoms with Crippen LogP contribution in [0.2, 0.25) is 0 Å². The summed E-state index contributed by atoms with van der Waals surface area (Å²) in [6.45, 7) is 6.09. The average Bonchev–Trinajstić information content (AvgIpc) is 2.99. The fourth-order valence-electron chi connectivity index (χ4n) is 2.82. The molecule has 3 rings (SSSR count). The molecule has 0 atom stereocenters. The first-order valence-corrected chi connectivity index (χ1v) is 9.02. The van der Waals surface area contributed by atoms with Gasteiger partial charge in [0.15, 0.2) is 18.1 Å². The van der Waals surface area contributed by atoms with Crippen molar-refractivity contribution in [2.75, 3.05) is 13.2 Å². The van der Waals surface area contributed by atoms with Crippen molar-refractivity contribution < 1.29 is 19.1 Å². The van der Waals surface area contributed by atoms with E-state index in [9.17, 15) is 9.59 Å². The summed E-state index contributed by atoms with van der Waals surface area (Å²) in [5, 5.41) is 0.979. The number of H-pyrrole nitrogens is 1. The summed E-state index contributed by atoms with van der Waals surface area (Å²) in [7, 11) is 0. The van der Waals surface area contributed by atoms with E-state index in [2.05, 4.69) is 15.8 Å². The Bertz CT molecular complexity index is 1010. The molecule has 2 amide bonds. The predicted octanol–water partition coefficient (Wildman–Crippen LogP) is 3.02. The van der Waals surface area contributed by atoms with E-state index < -0.39 is 11.8 Å². The smallest absolute Gasteiger partial charge is 0.276 e. The molecule has 0 aliphatic heterocycles. The maximum absolute atomic E-state index is 12.3. The average molecular weight is 381 g/mol. The Morgan fingerprint density at radius 1 is 1.00 bits per heavy atom. The molecule has 0 radical (unpaired) electrons. The number of fused-ring (bicyclic) bond motifs is 1. The summed E-state index contributed by atoms with van der Waals surface area (Å²) in [5.41, 5.74) is 8.34. The van der Waals surface area contributed by atoms with Crippen LogP contribution in [0.1, 0.15) is 28.5 Å². The Labute approximate surface area is 163 Å². The molecule has 1 heterocycles. The molecular formula is C21H23N3O4. The van der Waals surface area contributed by atoms with Gasteiger partial charge >= 0.3 is 0 Å². The normalized spacial score (nSPS) is 10.5. The van der Waals surface area contributed by atoms with Gasteiger partial charge in [0, 0.05) is 22.2 Å². The van der Waals surface area contributed by atoms with Crippen LogP contribution in [0.3, 0.4) is 0 Å². The highest BCUT2D eigenvalue weighted by molar-refractivity contribution is 5.99. The van der Waals surface area contributed by atoms with Gasteiger partial charge in [0.1, 0.15) is 0 Å². The van der Waals surface area contributed by atoms with E-state index in [4.69, 9.17) is 9.47 Å². The number of carbonyl (C=O) groups excluding carboxylic acids is 2. The lowest BCUT2D eigenvalue weighted by Crippen LogP contribution is -2.43. The molecule has 0 saturated carbocycles. The fraction of sp³-hybridized carbons (Fsp3) is 0.238. The number of para-hydroxylation sites is 2. The van der Waals surface area contributed by atoms with Gasteiger partial charge in [0.05, 0.1) is 6.61 Å². The number of nitrogens with one attached hydrogen (secondary N) is 3. The minimum absolute atomic E-state index is 0.250. The van der Waals surface area contributed by atoms with Crippen molar-refractivity contribution in [3.8, 4) is 11.5 Å². The zero-order chi connectivity index (χ0) is 20.1. The topological polar surface area (TPSA) is 92.4 Å². The van der Waals surface area contributed by atoms with Gasteiger partial charge in [-0.05, 0) is 56.7 Å². The fourth-order valence-corrected chi connectivity index (χ4v) is 2.82. The SMILES string of the molecule is CCOc1ccccc1OCC(=O)NNC(=O)c1ccc2[nH]c(C)c(C)c2c1. The Balaban J connectivity index is 1.56. The van der Waals surface area contributed by atoms with Gasteiger partial charge in [-0.3, -0.25) is 20.4 Å². The number of aromatic amines is 1. The minimum Gasteiger partial charge on any atom is -0.490 e. The molecule has 3 aromatic rings. The number of ether oxygens (including phenoxy) is 2. The number of benzene rings is 2.